The van der Waals surface area contributed by atoms with Crippen LogP contribution in [0.25, 0.3) is 0 Å². The summed E-state index contributed by atoms with van der Waals surface area (Å²) in [5.74, 6) is -3.80. The minimum absolute atomic E-state index is 0.208. The number of aromatic nitrogens is 1. The molecule has 0 aliphatic heterocycles. The van der Waals surface area contributed by atoms with Gasteiger partial charge in [-0.25, -0.2) is 18.0 Å². The van der Waals surface area contributed by atoms with Gasteiger partial charge in [0.05, 0.1) is 12.7 Å². The number of ether oxygens (including phenoxy) is 1. The molecule has 1 heterocycles. The Morgan fingerprint density at radius 3 is 2.33 bits per heavy atom. The van der Waals surface area contributed by atoms with E-state index in [1.807, 2.05) is 0 Å². The minimum atomic E-state index is -5.32. The Kier molecular flexibility index (Phi) is 3.82. The van der Waals surface area contributed by atoms with Gasteiger partial charge in [-0.3, -0.25) is 4.98 Å². The number of methoxy groups -OCH3 is 1. The molecule has 18 heavy (non-hydrogen) atoms. The van der Waals surface area contributed by atoms with E-state index in [0.29, 0.717) is 0 Å². The molecule has 0 radical (unpaired) electrons. The highest BCUT2D eigenvalue weighted by molar-refractivity contribution is 5.91. The molecular weight excluding hydrogens is 268 g/mol. The lowest BCUT2D eigenvalue weighted by atomic mass is 10.1. The number of alkyl halides is 5. The van der Waals surface area contributed by atoms with Crippen LogP contribution in [-0.2, 0) is 10.9 Å². The van der Waals surface area contributed by atoms with Crippen molar-refractivity contribution in [2.45, 2.75) is 12.6 Å². The van der Waals surface area contributed by atoms with Crippen LogP contribution in [0.4, 0.5) is 26.3 Å². The van der Waals surface area contributed by atoms with Crippen molar-refractivity contribution < 1.29 is 35.9 Å². The number of carbonyl (C=O) groups is 1. The first-order valence-electron chi connectivity index (χ1n) is 4.32. The molecular formula is C9H5F6NO2. The highest BCUT2D eigenvalue weighted by atomic mass is 19.4. The zero-order valence-corrected chi connectivity index (χ0v) is 8.69. The lowest BCUT2D eigenvalue weighted by Crippen LogP contribution is -2.19. The second-order valence-corrected chi connectivity index (χ2v) is 3.04. The second-order valence-electron chi connectivity index (χ2n) is 3.04. The van der Waals surface area contributed by atoms with E-state index in [0.717, 1.165) is 7.11 Å². The maximum Gasteiger partial charge on any atom is 0.420 e. The molecule has 100 valence electrons. The summed E-state index contributed by atoms with van der Waals surface area (Å²) in [4.78, 5) is 13.8. The Balaban J connectivity index is 3.57. The number of nitrogens with zero attached hydrogens (tertiary/aromatic N) is 1. The summed E-state index contributed by atoms with van der Waals surface area (Å²) in [6.45, 7) is 0. The first kappa shape index (κ1) is 14.3. The van der Waals surface area contributed by atoms with E-state index in [4.69, 9.17) is 0 Å². The van der Waals surface area contributed by atoms with Crippen molar-refractivity contribution in [3.63, 3.8) is 0 Å². The quantitative estimate of drug-likeness (QED) is 0.614. The topological polar surface area (TPSA) is 39.2 Å². The van der Waals surface area contributed by atoms with Gasteiger partial charge in [-0.1, -0.05) is 0 Å². The molecule has 1 rings (SSSR count). The summed E-state index contributed by atoms with van der Waals surface area (Å²) >= 11 is 0. The molecule has 0 atom stereocenters. The van der Waals surface area contributed by atoms with Crippen molar-refractivity contribution in [3.05, 3.63) is 28.8 Å². The van der Waals surface area contributed by atoms with E-state index in [-0.39, 0.29) is 6.20 Å². The third-order valence-corrected chi connectivity index (χ3v) is 1.94. The zero-order valence-electron chi connectivity index (χ0n) is 8.69. The first-order valence-corrected chi connectivity index (χ1v) is 4.32. The number of hydrogen-bond acceptors (Lipinski definition) is 3. The molecule has 0 aromatic carbocycles. The minimum Gasteiger partial charge on any atom is -0.465 e. The van der Waals surface area contributed by atoms with E-state index in [1.165, 1.54) is 0 Å². The predicted octanol–water partition coefficient (Wildman–Crippen LogP) is 2.96. The lowest BCUT2D eigenvalue weighted by molar-refractivity contribution is -0.140. The fraction of sp³-hybridized carbons (Fsp3) is 0.333. The summed E-state index contributed by atoms with van der Waals surface area (Å²) in [5, 5.41) is 0. The second kappa shape index (κ2) is 4.83. The molecule has 0 aliphatic carbocycles. The highest BCUT2D eigenvalue weighted by Crippen LogP contribution is 2.36. The van der Waals surface area contributed by atoms with Gasteiger partial charge in [0, 0.05) is 6.20 Å². The Morgan fingerprint density at radius 1 is 1.39 bits per heavy atom. The SMILES string of the molecule is COC(=O)c1cnc(C(F)F)c(F)c1C(F)(F)F. The van der Waals surface area contributed by atoms with E-state index < -0.39 is 41.2 Å². The summed E-state index contributed by atoms with van der Waals surface area (Å²) in [7, 11) is 0.765. The predicted molar refractivity (Wildman–Crippen MR) is 45.5 cm³/mol. The van der Waals surface area contributed by atoms with E-state index in [1.54, 1.807) is 0 Å². The largest absolute Gasteiger partial charge is 0.465 e. The molecule has 0 bridgehead atoms. The number of rotatable bonds is 2. The normalized spacial score (nSPS) is 11.8. The van der Waals surface area contributed by atoms with Crippen LogP contribution in [0.2, 0.25) is 0 Å². The van der Waals surface area contributed by atoms with Crippen LogP contribution < -0.4 is 0 Å². The third-order valence-electron chi connectivity index (χ3n) is 1.94. The van der Waals surface area contributed by atoms with E-state index in [2.05, 4.69) is 9.72 Å². The van der Waals surface area contributed by atoms with Gasteiger partial charge >= 0.3 is 12.1 Å². The Hall–Kier alpha value is -1.80. The van der Waals surface area contributed by atoms with E-state index in [9.17, 15) is 31.1 Å². The number of hydrogen-bond donors (Lipinski definition) is 0. The van der Waals surface area contributed by atoms with Crippen molar-refractivity contribution in [3.8, 4) is 0 Å². The Morgan fingerprint density at radius 2 is 1.94 bits per heavy atom. The molecule has 1 aromatic rings. The Bertz CT molecular complexity index is 471. The third kappa shape index (κ3) is 2.54. The monoisotopic (exact) mass is 273 g/mol. The fourth-order valence-electron chi connectivity index (χ4n) is 1.20. The van der Waals surface area contributed by atoms with Crippen molar-refractivity contribution in [1.29, 1.82) is 0 Å². The van der Waals surface area contributed by atoms with Gasteiger partial charge in [0.15, 0.2) is 5.82 Å². The molecule has 0 spiro atoms. The average Bonchev–Trinajstić information content (AvgIpc) is 2.25. The molecule has 0 unspecified atom stereocenters. The Labute approximate surface area is 96.4 Å². The smallest absolute Gasteiger partial charge is 0.420 e. The van der Waals surface area contributed by atoms with Crippen LogP contribution in [-0.4, -0.2) is 18.1 Å². The van der Waals surface area contributed by atoms with Gasteiger partial charge < -0.3 is 4.74 Å². The molecule has 0 aliphatic rings. The first-order chi connectivity index (χ1) is 8.20. The maximum atomic E-state index is 13.3. The van der Waals surface area contributed by atoms with Crippen LogP contribution in [0.1, 0.15) is 28.0 Å². The average molecular weight is 273 g/mol. The van der Waals surface area contributed by atoms with Gasteiger partial charge in [0.1, 0.15) is 11.3 Å². The standard InChI is InChI=1S/C9H5F6NO2/c1-18-8(17)3-2-16-6(7(11)12)5(10)4(3)9(13,14)15/h2,7H,1H3. The van der Waals surface area contributed by atoms with Crippen LogP contribution in [0.5, 0.6) is 0 Å². The van der Waals surface area contributed by atoms with Crippen molar-refractivity contribution in [2.75, 3.05) is 7.11 Å². The van der Waals surface area contributed by atoms with Crippen LogP contribution in [0.15, 0.2) is 6.20 Å². The number of halogens is 6. The summed E-state index contributed by atoms with van der Waals surface area (Å²) in [6.07, 6.45) is -8.64. The van der Waals surface area contributed by atoms with Crippen molar-refractivity contribution in [2.24, 2.45) is 0 Å². The molecule has 0 N–H and O–H groups in total. The summed E-state index contributed by atoms with van der Waals surface area (Å²) in [6, 6.07) is 0. The van der Waals surface area contributed by atoms with E-state index >= 15 is 0 Å². The summed E-state index contributed by atoms with van der Waals surface area (Å²) < 4.78 is 79.3. The highest BCUT2D eigenvalue weighted by Gasteiger charge is 2.41. The van der Waals surface area contributed by atoms with Gasteiger partial charge in [-0.15, -0.1) is 0 Å². The summed E-state index contributed by atoms with van der Waals surface area (Å²) in [5.41, 5.74) is -5.04. The molecule has 0 saturated heterocycles. The van der Waals surface area contributed by atoms with Crippen LogP contribution in [0.3, 0.4) is 0 Å². The number of carbonyl (C=O) groups excluding carboxylic acids is 1. The lowest BCUT2D eigenvalue weighted by Gasteiger charge is -2.13. The molecule has 0 fully saturated rings. The van der Waals surface area contributed by atoms with Crippen molar-refractivity contribution >= 4 is 5.97 Å². The van der Waals surface area contributed by atoms with Gasteiger partial charge in [-0.05, 0) is 0 Å². The van der Waals surface area contributed by atoms with Gasteiger partial charge in [-0.2, -0.15) is 13.2 Å². The van der Waals surface area contributed by atoms with Crippen LogP contribution in [0, 0.1) is 5.82 Å². The fourth-order valence-corrected chi connectivity index (χ4v) is 1.20. The zero-order chi connectivity index (χ0) is 14.1. The number of pyridine rings is 1. The molecule has 0 amide bonds. The van der Waals surface area contributed by atoms with Gasteiger partial charge in [0.25, 0.3) is 6.43 Å². The molecule has 0 saturated carbocycles. The molecule has 9 heteroatoms. The number of esters is 1. The molecule has 3 nitrogen and oxygen atoms in total. The van der Waals surface area contributed by atoms with Crippen molar-refractivity contribution in [1.82, 2.24) is 4.98 Å². The van der Waals surface area contributed by atoms with Gasteiger partial charge in [0.2, 0.25) is 0 Å². The molecule has 1 aromatic heterocycles. The van der Waals surface area contributed by atoms with Crippen LogP contribution >= 0.6 is 0 Å². The maximum absolute atomic E-state index is 13.3.